The fourth-order valence-electron chi connectivity index (χ4n) is 2.80. The van der Waals surface area contributed by atoms with Gasteiger partial charge in [0.1, 0.15) is 0 Å². The molecule has 2 aromatic carbocycles. The van der Waals surface area contributed by atoms with Crippen molar-refractivity contribution in [3.63, 3.8) is 0 Å². The van der Waals surface area contributed by atoms with Gasteiger partial charge in [0.15, 0.2) is 0 Å². The normalized spacial score (nSPS) is 15.2. The van der Waals surface area contributed by atoms with Gasteiger partial charge in [0.2, 0.25) is 0 Å². The van der Waals surface area contributed by atoms with Gasteiger partial charge in [0, 0.05) is 25.3 Å². The zero-order chi connectivity index (χ0) is 13.2. The zero-order valence-electron chi connectivity index (χ0n) is 11.4. The number of aryl methyl sites for hydroxylation is 1. The molecule has 2 heteroatoms. The van der Waals surface area contributed by atoms with Crippen molar-refractivity contribution in [3.8, 4) is 0 Å². The Kier molecular flexibility index (Phi) is 3.26. The van der Waals surface area contributed by atoms with Gasteiger partial charge in [-0.1, -0.05) is 42.0 Å². The third kappa shape index (κ3) is 2.64. The van der Waals surface area contributed by atoms with Crippen LogP contribution < -0.4 is 5.73 Å². The summed E-state index contributed by atoms with van der Waals surface area (Å²) in [5.74, 6) is 0. The molecule has 19 heavy (non-hydrogen) atoms. The Bertz CT molecular complexity index is 590. The molecule has 2 N–H and O–H groups in total. The molecule has 0 fully saturated rings. The highest BCUT2D eigenvalue weighted by atomic mass is 15.1. The van der Waals surface area contributed by atoms with E-state index in [1.807, 2.05) is 6.07 Å². The van der Waals surface area contributed by atoms with Gasteiger partial charge in [-0.05, 0) is 36.1 Å². The maximum absolute atomic E-state index is 6.07. The van der Waals surface area contributed by atoms with Crippen molar-refractivity contribution in [1.29, 1.82) is 0 Å². The number of hydrogen-bond acceptors (Lipinski definition) is 2. The molecule has 0 spiro atoms. The molecule has 0 unspecified atom stereocenters. The van der Waals surface area contributed by atoms with Crippen molar-refractivity contribution in [1.82, 2.24) is 4.90 Å². The van der Waals surface area contributed by atoms with Crippen molar-refractivity contribution < 1.29 is 0 Å². The summed E-state index contributed by atoms with van der Waals surface area (Å²) in [5.41, 5.74) is 12.5. The average Bonchev–Trinajstić information content (AvgIpc) is 2.43. The third-order valence-electron chi connectivity index (χ3n) is 3.90. The van der Waals surface area contributed by atoms with Gasteiger partial charge in [-0.3, -0.25) is 4.90 Å². The summed E-state index contributed by atoms with van der Waals surface area (Å²) in [6.45, 7) is 5.21. The summed E-state index contributed by atoms with van der Waals surface area (Å²) in [7, 11) is 0. The van der Waals surface area contributed by atoms with Crippen molar-refractivity contribution >= 4 is 5.69 Å². The maximum Gasteiger partial charge on any atom is 0.0359 e. The topological polar surface area (TPSA) is 29.3 Å². The SMILES string of the molecule is Cc1ccc(N)c(CN2CCc3ccccc3C2)c1. The molecule has 0 amide bonds. The minimum Gasteiger partial charge on any atom is -0.398 e. The van der Waals surface area contributed by atoms with Gasteiger partial charge in [0.25, 0.3) is 0 Å². The van der Waals surface area contributed by atoms with Crippen LogP contribution in [0.1, 0.15) is 22.3 Å². The summed E-state index contributed by atoms with van der Waals surface area (Å²) in [4.78, 5) is 2.48. The predicted molar refractivity (Wildman–Crippen MR) is 79.9 cm³/mol. The van der Waals surface area contributed by atoms with E-state index in [9.17, 15) is 0 Å². The second kappa shape index (κ2) is 5.06. The Labute approximate surface area is 114 Å². The van der Waals surface area contributed by atoms with Crippen molar-refractivity contribution in [2.24, 2.45) is 0 Å². The number of hydrogen-bond donors (Lipinski definition) is 1. The second-order valence-corrected chi connectivity index (χ2v) is 5.43. The number of rotatable bonds is 2. The first kappa shape index (κ1) is 12.2. The number of anilines is 1. The summed E-state index contributed by atoms with van der Waals surface area (Å²) < 4.78 is 0. The molecule has 0 radical (unpaired) electrons. The monoisotopic (exact) mass is 252 g/mol. The quantitative estimate of drug-likeness (QED) is 0.832. The number of fused-ring (bicyclic) bond motifs is 1. The minimum absolute atomic E-state index is 0.907. The van der Waals surface area contributed by atoms with E-state index in [2.05, 4.69) is 48.2 Å². The van der Waals surface area contributed by atoms with Crippen LogP contribution in [0.15, 0.2) is 42.5 Å². The Morgan fingerprint density at radius 1 is 1.11 bits per heavy atom. The second-order valence-electron chi connectivity index (χ2n) is 5.43. The van der Waals surface area contributed by atoms with Gasteiger partial charge in [-0.25, -0.2) is 0 Å². The first-order valence-corrected chi connectivity index (χ1v) is 6.86. The van der Waals surface area contributed by atoms with E-state index in [1.165, 1.54) is 22.3 Å². The van der Waals surface area contributed by atoms with E-state index in [0.29, 0.717) is 0 Å². The molecule has 1 heterocycles. The maximum atomic E-state index is 6.07. The Balaban J connectivity index is 1.77. The first-order chi connectivity index (χ1) is 9.22. The molecule has 2 aromatic rings. The lowest BCUT2D eigenvalue weighted by Crippen LogP contribution is -2.30. The molecule has 1 aliphatic heterocycles. The first-order valence-electron chi connectivity index (χ1n) is 6.86. The van der Waals surface area contributed by atoms with Crippen LogP contribution in [0, 0.1) is 6.92 Å². The molecule has 0 aliphatic carbocycles. The van der Waals surface area contributed by atoms with Crippen LogP contribution in [0.3, 0.4) is 0 Å². The van der Waals surface area contributed by atoms with Gasteiger partial charge in [-0.15, -0.1) is 0 Å². The van der Waals surface area contributed by atoms with E-state index >= 15 is 0 Å². The highest BCUT2D eigenvalue weighted by molar-refractivity contribution is 5.48. The third-order valence-corrected chi connectivity index (χ3v) is 3.90. The standard InChI is InChI=1S/C17H20N2/c1-13-6-7-17(18)16(10-13)12-19-9-8-14-4-2-3-5-15(14)11-19/h2-7,10H,8-9,11-12,18H2,1H3. The van der Waals surface area contributed by atoms with Gasteiger partial charge in [-0.2, -0.15) is 0 Å². The van der Waals surface area contributed by atoms with Crippen LogP contribution in [-0.2, 0) is 19.5 Å². The highest BCUT2D eigenvalue weighted by Gasteiger charge is 2.16. The van der Waals surface area contributed by atoms with Crippen molar-refractivity contribution in [2.75, 3.05) is 12.3 Å². The molecule has 98 valence electrons. The Morgan fingerprint density at radius 2 is 1.89 bits per heavy atom. The highest BCUT2D eigenvalue weighted by Crippen LogP contribution is 2.22. The predicted octanol–water partition coefficient (Wildman–Crippen LogP) is 3.14. The lowest BCUT2D eigenvalue weighted by atomic mass is 9.99. The van der Waals surface area contributed by atoms with Gasteiger partial charge in [0.05, 0.1) is 0 Å². The molecule has 1 aliphatic rings. The number of nitrogens with two attached hydrogens (primary N) is 1. The molecule has 3 rings (SSSR count). The molecule has 0 saturated carbocycles. The number of nitrogens with zero attached hydrogens (tertiary/aromatic N) is 1. The fraction of sp³-hybridized carbons (Fsp3) is 0.294. The smallest absolute Gasteiger partial charge is 0.0359 e. The average molecular weight is 252 g/mol. The molecular weight excluding hydrogens is 232 g/mol. The largest absolute Gasteiger partial charge is 0.398 e. The zero-order valence-corrected chi connectivity index (χ0v) is 11.4. The molecular formula is C17H20N2. The lowest BCUT2D eigenvalue weighted by molar-refractivity contribution is 0.246. The summed E-state index contributed by atoms with van der Waals surface area (Å²) in [6.07, 6.45) is 1.14. The molecule has 0 bridgehead atoms. The van der Waals surface area contributed by atoms with Crippen molar-refractivity contribution in [3.05, 3.63) is 64.7 Å². The van der Waals surface area contributed by atoms with Gasteiger partial charge >= 0.3 is 0 Å². The van der Waals surface area contributed by atoms with E-state index in [0.717, 1.165) is 31.7 Å². The minimum atomic E-state index is 0.907. The van der Waals surface area contributed by atoms with Gasteiger partial charge < -0.3 is 5.73 Å². The van der Waals surface area contributed by atoms with Crippen LogP contribution in [0.5, 0.6) is 0 Å². The number of benzene rings is 2. The lowest BCUT2D eigenvalue weighted by Gasteiger charge is -2.29. The Hall–Kier alpha value is -1.80. The summed E-state index contributed by atoms with van der Waals surface area (Å²) in [6, 6.07) is 15.0. The fourth-order valence-corrected chi connectivity index (χ4v) is 2.80. The molecule has 0 saturated heterocycles. The Morgan fingerprint density at radius 3 is 2.74 bits per heavy atom. The van der Waals surface area contributed by atoms with E-state index < -0.39 is 0 Å². The molecule has 0 atom stereocenters. The number of nitrogen functional groups attached to an aromatic ring is 1. The van der Waals surface area contributed by atoms with Crippen LogP contribution in [0.4, 0.5) is 5.69 Å². The summed E-state index contributed by atoms with van der Waals surface area (Å²) >= 11 is 0. The molecule has 0 aromatic heterocycles. The van der Waals surface area contributed by atoms with E-state index in [1.54, 1.807) is 0 Å². The van der Waals surface area contributed by atoms with Crippen LogP contribution in [-0.4, -0.2) is 11.4 Å². The van der Waals surface area contributed by atoms with E-state index in [4.69, 9.17) is 5.73 Å². The summed E-state index contributed by atoms with van der Waals surface area (Å²) in [5, 5.41) is 0. The van der Waals surface area contributed by atoms with Crippen LogP contribution in [0.25, 0.3) is 0 Å². The van der Waals surface area contributed by atoms with Crippen LogP contribution in [0.2, 0.25) is 0 Å². The van der Waals surface area contributed by atoms with Crippen LogP contribution >= 0.6 is 0 Å². The van der Waals surface area contributed by atoms with E-state index in [-0.39, 0.29) is 0 Å². The molecule has 2 nitrogen and oxygen atoms in total. The van der Waals surface area contributed by atoms with Crippen molar-refractivity contribution in [2.45, 2.75) is 26.4 Å².